The summed E-state index contributed by atoms with van der Waals surface area (Å²) in [6.45, 7) is 1.82. The normalized spacial score (nSPS) is 22.4. The lowest BCUT2D eigenvalue weighted by atomic mass is 9.95. The van der Waals surface area contributed by atoms with Crippen molar-refractivity contribution in [3.05, 3.63) is 0 Å². The smallest absolute Gasteiger partial charge is 0.329 e. The van der Waals surface area contributed by atoms with Gasteiger partial charge in [-0.25, -0.2) is 9.59 Å². The fourth-order valence-corrected chi connectivity index (χ4v) is 2.01. The third kappa shape index (κ3) is 5.14. The summed E-state index contributed by atoms with van der Waals surface area (Å²) in [6.07, 6.45) is 1.64. The minimum Gasteiger partial charge on any atom is -0.480 e. The van der Waals surface area contributed by atoms with E-state index in [4.69, 9.17) is 9.84 Å². The molecule has 2 N–H and O–H groups in total. The summed E-state index contributed by atoms with van der Waals surface area (Å²) in [7, 11) is 1.59. The molecule has 1 saturated heterocycles. The van der Waals surface area contributed by atoms with Crippen LogP contribution in [0.1, 0.15) is 19.8 Å². The summed E-state index contributed by atoms with van der Waals surface area (Å²) < 4.78 is 9.96. The zero-order valence-electron chi connectivity index (χ0n) is 11.7. The Hall–Kier alpha value is -1.67. The average molecular weight is 288 g/mol. The van der Waals surface area contributed by atoms with Gasteiger partial charge >= 0.3 is 12.0 Å². The maximum Gasteiger partial charge on any atom is 0.329 e. The van der Waals surface area contributed by atoms with E-state index in [-0.39, 0.29) is 0 Å². The third-order valence-corrected chi connectivity index (χ3v) is 3.14. The van der Waals surface area contributed by atoms with E-state index >= 15 is 0 Å². The number of methoxy groups -OCH3 is 1. The SMILES string of the molecule is COC1(C)CCCN(C(=O)NC(=O)COCC(=O)O)C1. The molecule has 1 rings (SSSR count). The van der Waals surface area contributed by atoms with E-state index in [9.17, 15) is 14.4 Å². The third-order valence-electron chi connectivity index (χ3n) is 3.14. The highest BCUT2D eigenvalue weighted by atomic mass is 16.5. The predicted molar refractivity (Wildman–Crippen MR) is 68.2 cm³/mol. The highest BCUT2D eigenvalue weighted by Crippen LogP contribution is 2.23. The number of nitrogens with zero attached hydrogens (tertiary/aromatic N) is 1. The molecule has 1 atom stereocenters. The van der Waals surface area contributed by atoms with Gasteiger partial charge in [-0.2, -0.15) is 0 Å². The van der Waals surface area contributed by atoms with Gasteiger partial charge in [-0.15, -0.1) is 0 Å². The van der Waals surface area contributed by atoms with Crippen LogP contribution in [0.15, 0.2) is 0 Å². The lowest BCUT2D eigenvalue weighted by molar-refractivity contribution is -0.143. The molecule has 1 fully saturated rings. The molecule has 114 valence electrons. The molecule has 8 heteroatoms. The molecule has 0 saturated carbocycles. The number of nitrogens with one attached hydrogen (secondary N) is 1. The van der Waals surface area contributed by atoms with Crippen LogP contribution in [0.5, 0.6) is 0 Å². The number of carbonyl (C=O) groups is 3. The van der Waals surface area contributed by atoms with E-state index in [1.807, 2.05) is 6.92 Å². The number of amides is 3. The standard InChI is InChI=1S/C12H20N2O6/c1-12(19-2)4-3-5-14(8-12)11(18)13-9(15)6-20-7-10(16)17/h3-8H2,1-2H3,(H,16,17)(H,13,15,18). The summed E-state index contributed by atoms with van der Waals surface area (Å²) in [5, 5.41) is 10.5. The summed E-state index contributed by atoms with van der Waals surface area (Å²) in [6, 6.07) is -0.517. The fraction of sp³-hybridized carbons (Fsp3) is 0.750. The molecule has 1 aliphatic heterocycles. The topological polar surface area (TPSA) is 105 Å². The van der Waals surface area contributed by atoms with Crippen molar-refractivity contribution in [1.82, 2.24) is 10.2 Å². The Bertz CT molecular complexity index is 386. The number of likely N-dealkylation sites (tertiary alicyclic amines) is 1. The van der Waals surface area contributed by atoms with Crippen molar-refractivity contribution < 1.29 is 29.0 Å². The zero-order valence-corrected chi connectivity index (χ0v) is 11.7. The van der Waals surface area contributed by atoms with Gasteiger partial charge < -0.3 is 19.5 Å². The Labute approximate surface area is 117 Å². The zero-order chi connectivity index (χ0) is 15.2. The molecular weight excluding hydrogens is 268 g/mol. The summed E-state index contributed by atoms with van der Waals surface area (Å²) in [5.74, 6) is -1.84. The van der Waals surface area contributed by atoms with Gasteiger partial charge in [-0.1, -0.05) is 0 Å². The van der Waals surface area contributed by atoms with E-state index in [1.54, 1.807) is 7.11 Å². The molecule has 0 bridgehead atoms. The number of aliphatic carboxylic acids is 1. The summed E-state index contributed by atoms with van der Waals surface area (Å²) in [5.41, 5.74) is -0.404. The number of rotatable bonds is 5. The van der Waals surface area contributed by atoms with Gasteiger partial charge in [-0.05, 0) is 19.8 Å². The molecule has 0 radical (unpaired) electrons. The highest BCUT2D eigenvalue weighted by molar-refractivity contribution is 5.95. The number of piperidine rings is 1. The van der Waals surface area contributed by atoms with Crippen LogP contribution in [0.4, 0.5) is 4.79 Å². The molecule has 1 aliphatic rings. The number of urea groups is 1. The lowest BCUT2D eigenvalue weighted by Gasteiger charge is -2.39. The maximum atomic E-state index is 11.9. The van der Waals surface area contributed by atoms with Crippen molar-refractivity contribution >= 4 is 17.9 Å². The van der Waals surface area contributed by atoms with Crippen LogP contribution in [-0.4, -0.2) is 66.9 Å². The second-order valence-electron chi connectivity index (χ2n) is 4.92. The minimum absolute atomic E-state index is 0.401. The molecule has 8 nitrogen and oxygen atoms in total. The minimum atomic E-state index is -1.17. The van der Waals surface area contributed by atoms with E-state index in [0.717, 1.165) is 12.8 Å². The van der Waals surface area contributed by atoms with E-state index < -0.39 is 36.7 Å². The predicted octanol–water partition coefficient (Wildman–Crippen LogP) is -0.175. The van der Waals surface area contributed by atoms with Gasteiger partial charge in [0.05, 0.1) is 12.1 Å². The molecule has 1 heterocycles. The maximum absolute atomic E-state index is 11.9. The second-order valence-corrected chi connectivity index (χ2v) is 4.92. The molecule has 1 unspecified atom stereocenters. The van der Waals surface area contributed by atoms with Gasteiger partial charge in [0.15, 0.2) is 0 Å². The summed E-state index contributed by atoms with van der Waals surface area (Å²) in [4.78, 5) is 35.0. The number of carbonyl (C=O) groups excluding carboxylic acids is 2. The average Bonchev–Trinajstić information content (AvgIpc) is 2.38. The molecule has 0 spiro atoms. The van der Waals surface area contributed by atoms with Crippen LogP contribution < -0.4 is 5.32 Å². The molecule has 0 aromatic carbocycles. The first-order valence-corrected chi connectivity index (χ1v) is 6.30. The van der Waals surface area contributed by atoms with Gasteiger partial charge in [0, 0.05) is 13.7 Å². The van der Waals surface area contributed by atoms with E-state index in [0.29, 0.717) is 13.1 Å². The molecule has 3 amide bonds. The largest absolute Gasteiger partial charge is 0.480 e. The molecular formula is C12H20N2O6. The first-order valence-electron chi connectivity index (χ1n) is 6.30. The van der Waals surface area contributed by atoms with Crippen molar-refractivity contribution in [2.45, 2.75) is 25.4 Å². The number of hydrogen-bond acceptors (Lipinski definition) is 5. The quantitative estimate of drug-likeness (QED) is 0.727. The first kappa shape index (κ1) is 16.4. The Balaban J connectivity index is 2.38. The van der Waals surface area contributed by atoms with Crippen molar-refractivity contribution in [1.29, 1.82) is 0 Å². The fourth-order valence-electron chi connectivity index (χ4n) is 2.01. The van der Waals surface area contributed by atoms with Crippen LogP contribution >= 0.6 is 0 Å². The first-order chi connectivity index (χ1) is 9.36. The van der Waals surface area contributed by atoms with Gasteiger partial charge in [0.2, 0.25) is 0 Å². The van der Waals surface area contributed by atoms with Crippen molar-refractivity contribution in [3.8, 4) is 0 Å². The number of carboxylic acid groups (broad SMARTS) is 1. The molecule has 0 aliphatic carbocycles. The van der Waals surface area contributed by atoms with Gasteiger partial charge in [0.1, 0.15) is 13.2 Å². The van der Waals surface area contributed by atoms with Gasteiger partial charge in [-0.3, -0.25) is 10.1 Å². The highest BCUT2D eigenvalue weighted by Gasteiger charge is 2.33. The number of imide groups is 1. The van der Waals surface area contributed by atoms with Crippen LogP contribution in [-0.2, 0) is 19.1 Å². The van der Waals surface area contributed by atoms with Crippen LogP contribution in [0.2, 0.25) is 0 Å². The molecule has 0 aromatic rings. The second kappa shape index (κ2) is 7.20. The van der Waals surface area contributed by atoms with Crippen LogP contribution in [0.3, 0.4) is 0 Å². The summed E-state index contributed by atoms with van der Waals surface area (Å²) >= 11 is 0. The number of hydrogen-bond donors (Lipinski definition) is 2. The Kier molecular flexibility index (Phi) is 5.90. The number of ether oxygens (including phenoxy) is 2. The monoisotopic (exact) mass is 288 g/mol. The van der Waals surface area contributed by atoms with Crippen LogP contribution in [0.25, 0.3) is 0 Å². The Morgan fingerprint density at radius 2 is 2.05 bits per heavy atom. The van der Waals surface area contributed by atoms with Crippen molar-refractivity contribution in [2.24, 2.45) is 0 Å². The van der Waals surface area contributed by atoms with Crippen molar-refractivity contribution in [2.75, 3.05) is 33.4 Å². The Morgan fingerprint density at radius 1 is 1.35 bits per heavy atom. The number of carboxylic acids is 1. The lowest BCUT2D eigenvalue weighted by Crippen LogP contribution is -2.53. The van der Waals surface area contributed by atoms with E-state index in [1.165, 1.54) is 4.90 Å². The van der Waals surface area contributed by atoms with E-state index in [2.05, 4.69) is 10.1 Å². The Morgan fingerprint density at radius 3 is 2.65 bits per heavy atom. The van der Waals surface area contributed by atoms with Gasteiger partial charge in [0.25, 0.3) is 5.91 Å². The molecule has 0 aromatic heterocycles. The van der Waals surface area contributed by atoms with Crippen molar-refractivity contribution in [3.63, 3.8) is 0 Å². The van der Waals surface area contributed by atoms with Crippen LogP contribution in [0, 0.1) is 0 Å². The molecule has 20 heavy (non-hydrogen) atoms.